The Morgan fingerprint density at radius 3 is 2.70 bits per heavy atom. The van der Waals surface area contributed by atoms with Crippen LogP contribution >= 0.6 is 0 Å². The molecule has 0 aliphatic heterocycles. The molecule has 0 spiro atoms. The average molecular weight is 274 g/mol. The predicted octanol–water partition coefficient (Wildman–Crippen LogP) is 2.60. The van der Waals surface area contributed by atoms with Crippen molar-refractivity contribution < 1.29 is 14.3 Å². The van der Waals surface area contributed by atoms with E-state index in [1.54, 1.807) is 31.2 Å². The zero-order valence-electron chi connectivity index (χ0n) is 10.9. The van der Waals surface area contributed by atoms with Gasteiger partial charge in [-0.15, -0.1) is 0 Å². The first-order chi connectivity index (χ1) is 9.49. The molecule has 0 radical (unpaired) electrons. The molecule has 0 bridgehead atoms. The Kier molecular flexibility index (Phi) is 3.89. The standard InChI is InChI=1S/C15H15FN2O2/c1-9(10-4-2-5-11(19)8-10)18-15(20)12-6-3-7-13(16)14(12)17/h2-9,19H,17H2,1H3,(H,18,20). The van der Waals surface area contributed by atoms with Crippen molar-refractivity contribution in [2.24, 2.45) is 0 Å². The second-order valence-electron chi connectivity index (χ2n) is 4.49. The van der Waals surface area contributed by atoms with Crippen LogP contribution in [0, 0.1) is 5.82 Å². The van der Waals surface area contributed by atoms with E-state index >= 15 is 0 Å². The van der Waals surface area contributed by atoms with Crippen molar-refractivity contribution >= 4 is 11.6 Å². The molecule has 0 aromatic heterocycles. The van der Waals surface area contributed by atoms with Crippen molar-refractivity contribution in [1.82, 2.24) is 5.32 Å². The van der Waals surface area contributed by atoms with E-state index in [-0.39, 0.29) is 23.0 Å². The van der Waals surface area contributed by atoms with Gasteiger partial charge in [-0.2, -0.15) is 0 Å². The molecular formula is C15H15FN2O2. The van der Waals surface area contributed by atoms with Gasteiger partial charge in [0.1, 0.15) is 11.6 Å². The maximum atomic E-state index is 13.3. The Labute approximate surface area is 116 Å². The highest BCUT2D eigenvalue weighted by Crippen LogP contribution is 2.20. The Hall–Kier alpha value is -2.56. The summed E-state index contributed by atoms with van der Waals surface area (Å²) in [5.41, 5.74) is 6.21. The van der Waals surface area contributed by atoms with Crippen molar-refractivity contribution in [2.45, 2.75) is 13.0 Å². The maximum absolute atomic E-state index is 13.3. The monoisotopic (exact) mass is 274 g/mol. The van der Waals surface area contributed by atoms with Gasteiger partial charge in [0.05, 0.1) is 17.3 Å². The summed E-state index contributed by atoms with van der Waals surface area (Å²) in [5.74, 6) is -0.964. The summed E-state index contributed by atoms with van der Waals surface area (Å²) in [6.45, 7) is 1.77. The number of amides is 1. The summed E-state index contributed by atoms with van der Waals surface area (Å²) in [6.07, 6.45) is 0. The molecule has 5 heteroatoms. The van der Waals surface area contributed by atoms with Crippen molar-refractivity contribution in [1.29, 1.82) is 0 Å². The molecule has 4 nitrogen and oxygen atoms in total. The molecule has 104 valence electrons. The van der Waals surface area contributed by atoms with Gasteiger partial charge < -0.3 is 16.2 Å². The zero-order chi connectivity index (χ0) is 14.7. The van der Waals surface area contributed by atoms with Crippen LogP contribution in [0.25, 0.3) is 0 Å². The van der Waals surface area contributed by atoms with E-state index in [9.17, 15) is 14.3 Å². The number of anilines is 1. The number of nitrogen functional groups attached to an aromatic ring is 1. The fourth-order valence-electron chi connectivity index (χ4n) is 1.89. The first-order valence-corrected chi connectivity index (χ1v) is 6.13. The molecule has 1 amide bonds. The van der Waals surface area contributed by atoms with Crippen LogP contribution in [0.5, 0.6) is 5.75 Å². The van der Waals surface area contributed by atoms with Crippen LogP contribution in [-0.4, -0.2) is 11.0 Å². The first kappa shape index (κ1) is 13.9. The molecule has 4 N–H and O–H groups in total. The molecule has 20 heavy (non-hydrogen) atoms. The summed E-state index contributed by atoms with van der Waals surface area (Å²) >= 11 is 0. The molecule has 2 aromatic carbocycles. The lowest BCUT2D eigenvalue weighted by molar-refractivity contribution is 0.0940. The fraction of sp³-hybridized carbons (Fsp3) is 0.133. The van der Waals surface area contributed by atoms with Crippen molar-refractivity contribution in [3.8, 4) is 5.75 Å². The van der Waals surface area contributed by atoms with E-state index in [2.05, 4.69) is 5.32 Å². The number of aromatic hydroxyl groups is 1. The zero-order valence-corrected chi connectivity index (χ0v) is 10.9. The number of hydrogen-bond donors (Lipinski definition) is 3. The molecule has 2 aromatic rings. The van der Waals surface area contributed by atoms with E-state index < -0.39 is 11.7 Å². The molecule has 0 saturated carbocycles. The van der Waals surface area contributed by atoms with Gasteiger partial charge in [-0.25, -0.2) is 4.39 Å². The number of hydrogen-bond acceptors (Lipinski definition) is 3. The van der Waals surface area contributed by atoms with E-state index in [4.69, 9.17) is 5.73 Å². The maximum Gasteiger partial charge on any atom is 0.253 e. The summed E-state index contributed by atoms with van der Waals surface area (Å²) in [4.78, 5) is 12.1. The van der Waals surface area contributed by atoms with Gasteiger partial charge in [-0.05, 0) is 36.8 Å². The van der Waals surface area contributed by atoms with Crippen LogP contribution in [0.2, 0.25) is 0 Å². The molecule has 0 saturated heterocycles. The number of rotatable bonds is 3. The average Bonchev–Trinajstić information content (AvgIpc) is 2.41. The Balaban J connectivity index is 2.17. The molecule has 0 aliphatic rings. The quantitative estimate of drug-likeness (QED) is 0.753. The third kappa shape index (κ3) is 2.88. The smallest absolute Gasteiger partial charge is 0.253 e. The number of phenolic OH excluding ortho intramolecular Hbond substituents is 1. The van der Waals surface area contributed by atoms with Gasteiger partial charge in [0.15, 0.2) is 0 Å². The highest BCUT2D eigenvalue weighted by molar-refractivity contribution is 5.99. The van der Waals surface area contributed by atoms with Gasteiger partial charge in [0, 0.05) is 0 Å². The normalized spacial score (nSPS) is 11.9. The Morgan fingerprint density at radius 1 is 1.30 bits per heavy atom. The molecular weight excluding hydrogens is 259 g/mol. The highest BCUT2D eigenvalue weighted by Gasteiger charge is 2.15. The number of nitrogens with two attached hydrogens (primary N) is 1. The number of carbonyl (C=O) groups excluding carboxylic acids is 1. The van der Waals surface area contributed by atoms with E-state index in [0.717, 1.165) is 5.56 Å². The van der Waals surface area contributed by atoms with E-state index in [0.29, 0.717) is 0 Å². The van der Waals surface area contributed by atoms with Crippen LogP contribution in [0.15, 0.2) is 42.5 Å². The highest BCUT2D eigenvalue weighted by atomic mass is 19.1. The van der Waals surface area contributed by atoms with Gasteiger partial charge in [0.25, 0.3) is 5.91 Å². The molecule has 1 unspecified atom stereocenters. The predicted molar refractivity (Wildman–Crippen MR) is 74.8 cm³/mol. The number of para-hydroxylation sites is 1. The number of benzene rings is 2. The summed E-state index contributed by atoms with van der Waals surface area (Å²) in [5, 5.41) is 12.1. The lowest BCUT2D eigenvalue weighted by atomic mass is 10.1. The van der Waals surface area contributed by atoms with Gasteiger partial charge >= 0.3 is 0 Å². The van der Waals surface area contributed by atoms with Crippen LogP contribution in [0.3, 0.4) is 0 Å². The lowest BCUT2D eigenvalue weighted by Gasteiger charge is -2.15. The Bertz CT molecular complexity index is 644. The summed E-state index contributed by atoms with van der Waals surface area (Å²) < 4.78 is 13.3. The Morgan fingerprint density at radius 2 is 2.00 bits per heavy atom. The van der Waals surface area contributed by atoms with Crippen LogP contribution in [-0.2, 0) is 0 Å². The van der Waals surface area contributed by atoms with Crippen LogP contribution < -0.4 is 11.1 Å². The van der Waals surface area contributed by atoms with Gasteiger partial charge in [-0.3, -0.25) is 4.79 Å². The second kappa shape index (κ2) is 5.61. The minimum atomic E-state index is -0.623. The number of carbonyl (C=O) groups is 1. The number of nitrogens with one attached hydrogen (secondary N) is 1. The van der Waals surface area contributed by atoms with E-state index in [1.807, 2.05) is 0 Å². The fourth-order valence-corrected chi connectivity index (χ4v) is 1.89. The molecule has 0 heterocycles. The second-order valence-corrected chi connectivity index (χ2v) is 4.49. The van der Waals surface area contributed by atoms with E-state index in [1.165, 1.54) is 18.2 Å². The summed E-state index contributed by atoms with van der Waals surface area (Å²) in [7, 11) is 0. The van der Waals surface area contributed by atoms with Gasteiger partial charge in [0.2, 0.25) is 0 Å². The molecule has 0 fully saturated rings. The van der Waals surface area contributed by atoms with Crippen molar-refractivity contribution in [2.75, 3.05) is 5.73 Å². The van der Waals surface area contributed by atoms with Crippen molar-refractivity contribution in [3.63, 3.8) is 0 Å². The largest absolute Gasteiger partial charge is 0.508 e. The topological polar surface area (TPSA) is 75.4 Å². The lowest BCUT2D eigenvalue weighted by Crippen LogP contribution is -2.27. The number of phenols is 1. The summed E-state index contributed by atoms with van der Waals surface area (Å²) in [6, 6.07) is 10.3. The SMILES string of the molecule is CC(NC(=O)c1cccc(F)c1N)c1cccc(O)c1. The first-order valence-electron chi connectivity index (χ1n) is 6.13. The third-order valence-corrected chi connectivity index (χ3v) is 3.02. The van der Waals surface area contributed by atoms with Crippen LogP contribution in [0.1, 0.15) is 28.9 Å². The minimum absolute atomic E-state index is 0.0944. The minimum Gasteiger partial charge on any atom is -0.508 e. The van der Waals surface area contributed by atoms with Crippen molar-refractivity contribution in [3.05, 3.63) is 59.4 Å². The van der Waals surface area contributed by atoms with Gasteiger partial charge in [-0.1, -0.05) is 18.2 Å². The molecule has 2 rings (SSSR count). The number of halogens is 1. The molecule has 0 aliphatic carbocycles. The van der Waals surface area contributed by atoms with Crippen LogP contribution in [0.4, 0.5) is 10.1 Å². The molecule has 1 atom stereocenters. The third-order valence-electron chi connectivity index (χ3n) is 3.02.